The van der Waals surface area contributed by atoms with E-state index in [0.29, 0.717) is 10.5 Å². The average molecular weight is 338 g/mol. The minimum absolute atomic E-state index is 0.137. The molecule has 0 atom stereocenters. The van der Waals surface area contributed by atoms with Crippen LogP contribution in [-0.2, 0) is 0 Å². The number of imidazole rings is 1. The van der Waals surface area contributed by atoms with Crippen LogP contribution in [0.1, 0.15) is 17.3 Å². The van der Waals surface area contributed by atoms with E-state index in [-0.39, 0.29) is 28.3 Å². The average Bonchev–Trinajstić information content (AvgIpc) is 3.00. The minimum Gasteiger partial charge on any atom is -0.431 e. The molecule has 22 heavy (non-hydrogen) atoms. The Hall–Kier alpha value is -2.45. The number of halogens is 1. The van der Waals surface area contributed by atoms with Gasteiger partial charge in [-0.05, 0) is 30.0 Å². The van der Waals surface area contributed by atoms with Crippen LogP contribution in [0.25, 0.3) is 4.96 Å². The Bertz CT molecular complexity index is 902. The fraction of sp³-hybridized carbons (Fsp3) is 0.0769. The van der Waals surface area contributed by atoms with Gasteiger partial charge in [0.25, 0.3) is 4.96 Å². The quantitative estimate of drug-likeness (QED) is 0.408. The molecule has 0 aliphatic carbocycles. The van der Waals surface area contributed by atoms with Gasteiger partial charge in [0.2, 0.25) is 0 Å². The third-order valence-electron chi connectivity index (χ3n) is 2.92. The van der Waals surface area contributed by atoms with Crippen molar-refractivity contribution in [3.63, 3.8) is 0 Å². The van der Waals surface area contributed by atoms with E-state index < -0.39 is 4.92 Å². The van der Waals surface area contributed by atoms with Gasteiger partial charge in [-0.25, -0.2) is 0 Å². The molecule has 3 rings (SSSR count). The lowest BCUT2D eigenvalue weighted by molar-refractivity contribution is -0.391. The molecule has 0 saturated carbocycles. The van der Waals surface area contributed by atoms with Crippen LogP contribution in [-0.4, -0.2) is 20.1 Å². The Labute approximate surface area is 132 Å². The van der Waals surface area contributed by atoms with Gasteiger partial charge >= 0.3 is 11.7 Å². The van der Waals surface area contributed by atoms with E-state index in [9.17, 15) is 14.9 Å². The number of rotatable bonds is 4. The number of ether oxygens (including phenoxy) is 1. The third-order valence-corrected chi connectivity index (χ3v) is 3.98. The molecule has 2 heterocycles. The standard InChI is InChI=1S/C13H8ClN3O4S/c1-7(18)8-2-3-10(9(14)6-8)21-11-12(17(19)20)16-4-5-22-13(16)15-11/h2-6H,1H3. The minimum atomic E-state index is -0.570. The summed E-state index contributed by atoms with van der Waals surface area (Å²) in [7, 11) is 0. The first-order valence-electron chi connectivity index (χ1n) is 6.05. The van der Waals surface area contributed by atoms with Crippen molar-refractivity contribution in [1.82, 2.24) is 9.38 Å². The summed E-state index contributed by atoms with van der Waals surface area (Å²) in [6, 6.07) is 4.47. The molecule has 7 nitrogen and oxygen atoms in total. The van der Waals surface area contributed by atoms with Gasteiger partial charge in [0.15, 0.2) is 5.78 Å². The largest absolute Gasteiger partial charge is 0.431 e. The van der Waals surface area contributed by atoms with Crippen LogP contribution in [0.4, 0.5) is 5.82 Å². The van der Waals surface area contributed by atoms with Crippen LogP contribution in [0.15, 0.2) is 29.8 Å². The van der Waals surface area contributed by atoms with Gasteiger partial charge in [-0.1, -0.05) is 22.9 Å². The molecular weight excluding hydrogens is 330 g/mol. The van der Waals surface area contributed by atoms with E-state index in [0.717, 1.165) is 0 Å². The highest BCUT2D eigenvalue weighted by molar-refractivity contribution is 7.15. The molecule has 9 heteroatoms. The topological polar surface area (TPSA) is 86.7 Å². The normalized spacial score (nSPS) is 10.8. The van der Waals surface area contributed by atoms with Crippen LogP contribution < -0.4 is 4.74 Å². The van der Waals surface area contributed by atoms with Crippen LogP contribution >= 0.6 is 22.9 Å². The van der Waals surface area contributed by atoms with Crippen molar-refractivity contribution in [2.75, 3.05) is 0 Å². The fourth-order valence-corrected chi connectivity index (χ4v) is 2.82. The van der Waals surface area contributed by atoms with Gasteiger partial charge < -0.3 is 14.9 Å². The fourth-order valence-electron chi connectivity index (χ4n) is 1.90. The Kier molecular flexibility index (Phi) is 3.55. The lowest BCUT2D eigenvalue weighted by atomic mass is 10.1. The number of hydrogen-bond acceptors (Lipinski definition) is 6. The summed E-state index contributed by atoms with van der Waals surface area (Å²) >= 11 is 7.30. The highest BCUT2D eigenvalue weighted by Crippen LogP contribution is 2.36. The first kappa shape index (κ1) is 14.5. The van der Waals surface area contributed by atoms with Crippen molar-refractivity contribution >= 4 is 39.5 Å². The highest BCUT2D eigenvalue weighted by atomic mass is 35.5. The zero-order valence-corrected chi connectivity index (χ0v) is 12.7. The summed E-state index contributed by atoms with van der Waals surface area (Å²) in [6.07, 6.45) is 1.54. The molecule has 0 N–H and O–H groups in total. The first-order chi connectivity index (χ1) is 10.5. The van der Waals surface area contributed by atoms with E-state index in [1.807, 2.05) is 0 Å². The number of benzene rings is 1. The van der Waals surface area contributed by atoms with E-state index in [1.165, 1.54) is 40.9 Å². The lowest BCUT2D eigenvalue weighted by Gasteiger charge is -2.06. The van der Waals surface area contributed by atoms with Gasteiger partial charge in [-0.2, -0.15) is 9.38 Å². The Morgan fingerprint density at radius 1 is 1.50 bits per heavy atom. The highest BCUT2D eigenvalue weighted by Gasteiger charge is 2.26. The van der Waals surface area contributed by atoms with Crippen LogP contribution in [0, 0.1) is 10.1 Å². The summed E-state index contributed by atoms with van der Waals surface area (Å²) in [5, 5.41) is 13.1. The molecule has 0 radical (unpaired) electrons. The van der Waals surface area contributed by atoms with Gasteiger partial charge in [-0.15, -0.1) is 0 Å². The summed E-state index contributed by atoms with van der Waals surface area (Å²) < 4.78 is 6.80. The molecule has 0 spiro atoms. The third kappa shape index (κ3) is 2.42. The lowest BCUT2D eigenvalue weighted by Crippen LogP contribution is -1.96. The van der Waals surface area contributed by atoms with E-state index in [4.69, 9.17) is 16.3 Å². The predicted octanol–water partition coefficient (Wildman–Crippen LogP) is 3.95. The van der Waals surface area contributed by atoms with Crippen molar-refractivity contribution in [3.8, 4) is 11.6 Å². The maximum Gasteiger partial charge on any atom is 0.393 e. The molecule has 0 amide bonds. The van der Waals surface area contributed by atoms with E-state index >= 15 is 0 Å². The molecule has 112 valence electrons. The molecule has 0 bridgehead atoms. The van der Waals surface area contributed by atoms with Crippen LogP contribution in [0.3, 0.4) is 0 Å². The zero-order chi connectivity index (χ0) is 15.9. The molecular formula is C13H8ClN3O4S. The maximum atomic E-state index is 11.3. The van der Waals surface area contributed by atoms with E-state index in [2.05, 4.69) is 4.98 Å². The summed E-state index contributed by atoms with van der Waals surface area (Å²) in [4.78, 5) is 26.4. The molecule has 3 aromatic rings. The molecule has 0 aliphatic heterocycles. The molecule has 0 fully saturated rings. The van der Waals surface area contributed by atoms with Gasteiger partial charge in [-0.3, -0.25) is 4.79 Å². The van der Waals surface area contributed by atoms with Gasteiger partial charge in [0.05, 0.1) is 5.02 Å². The summed E-state index contributed by atoms with van der Waals surface area (Å²) in [5.41, 5.74) is 0.428. The number of ketones is 1. The van der Waals surface area contributed by atoms with Crippen molar-refractivity contribution in [2.24, 2.45) is 0 Å². The second-order valence-corrected chi connectivity index (χ2v) is 5.64. The zero-order valence-electron chi connectivity index (χ0n) is 11.1. The molecule has 0 saturated heterocycles. The summed E-state index contributed by atoms with van der Waals surface area (Å²) in [6.45, 7) is 1.42. The first-order valence-corrected chi connectivity index (χ1v) is 7.31. The number of nitro groups is 1. The molecule has 1 aromatic carbocycles. The van der Waals surface area contributed by atoms with Crippen LogP contribution in [0.2, 0.25) is 5.02 Å². The van der Waals surface area contributed by atoms with Gasteiger partial charge in [0, 0.05) is 10.9 Å². The number of Topliss-reactive ketones (excluding diaryl/α,β-unsaturated/α-hetero) is 1. The SMILES string of the molecule is CC(=O)c1ccc(Oc2nc3sccn3c2[N+](=O)[O-])c(Cl)c1. The monoisotopic (exact) mass is 337 g/mol. The predicted molar refractivity (Wildman–Crippen MR) is 81.3 cm³/mol. The Balaban J connectivity index is 2.03. The Morgan fingerprint density at radius 3 is 2.91 bits per heavy atom. The van der Waals surface area contributed by atoms with Gasteiger partial charge in [0.1, 0.15) is 11.9 Å². The van der Waals surface area contributed by atoms with Crippen molar-refractivity contribution in [1.29, 1.82) is 0 Å². The Morgan fingerprint density at radius 2 is 2.27 bits per heavy atom. The molecule has 0 unspecified atom stereocenters. The number of hydrogen-bond donors (Lipinski definition) is 0. The number of aromatic nitrogens is 2. The number of nitrogens with zero attached hydrogens (tertiary/aromatic N) is 3. The molecule has 0 aliphatic rings. The number of carbonyl (C=O) groups excluding carboxylic acids is 1. The second kappa shape index (κ2) is 5.39. The van der Waals surface area contributed by atoms with Crippen molar-refractivity contribution in [2.45, 2.75) is 6.92 Å². The number of thiazole rings is 1. The number of fused-ring (bicyclic) bond motifs is 1. The smallest absolute Gasteiger partial charge is 0.393 e. The van der Waals surface area contributed by atoms with Crippen molar-refractivity contribution in [3.05, 3.63) is 50.5 Å². The molecule has 2 aromatic heterocycles. The second-order valence-electron chi connectivity index (χ2n) is 4.36. The summed E-state index contributed by atoms with van der Waals surface area (Å²) in [5.74, 6) is -0.361. The van der Waals surface area contributed by atoms with Crippen LogP contribution in [0.5, 0.6) is 11.6 Å². The maximum absolute atomic E-state index is 11.3. The number of carbonyl (C=O) groups is 1. The van der Waals surface area contributed by atoms with Crippen molar-refractivity contribution < 1.29 is 14.5 Å². The van der Waals surface area contributed by atoms with E-state index in [1.54, 1.807) is 11.6 Å².